The lowest BCUT2D eigenvalue weighted by atomic mass is 10.5. The van der Waals surface area contributed by atoms with E-state index >= 15 is 0 Å². The van der Waals surface area contributed by atoms with Crippen molar-refractivity contribution in [1.29, 1.82) is 0 Å². The number of halogens is 2. The molecule has 7 heteroatoms. The van der Waals surface area contributed by atoms with Gasteiger partial charge in [0.2, 0.25) is 0 Å². The van der Waals surface area contributed by atoms with Crippen LogP contribution in [0.3, 0.4) is 0 Å². The second-order valence-corrected chi connectivity index (χ2v) is 4.53. The Morgan fingerprint density at radius 2 is 1.94 bits per heavy atom. The number of nitrogens with zero attached hydrogens (tertiary/aromatic N) is 3. The van der Waals surface area contributed by atoms with E-state index in [4.69, 9.17) is 28.9 Å². The van der Waals surface area contributed by atoms with Crippen LogP contribution in [-0.4, -0.2) is 15.0 Å². The number of aromatic nitrogens is 3. The Labute approximate surface area is 106 Å². The topological polar surface area (TPSA) is 64.7 Å². The molecule has 16 heavy (non-hydrogen) atoms. The van der Waals surface area contributed by atoms with Gasteiger partial charge in [-0.15, -0.1) is 0 Å². The number of hydrogen-bond acceptors (Lipinski definition) is 5. The summed E-state index contributed by atoms with van der Waals surface area (Å²) in [6.07, 6.45) is 2.99. The van der Waals surface area contributed by atoms with Crippen molar-refractivity contribution in [2.75, 3.05) is 5.73 Å². The Balaban J connectivity index is 2.35. The van der Waals surface area contributed by atoms with Crippen LogP contribution in [0, 0.1) is 0 Å². The predicted molar refractivity (Wildman–Crippen MR) is 64.8 cm³/mol. The van der Waals surface area contributed by atoms with Crippen molar-refractivity contribution in [3.63, 3.8) is 0 Å². The SMILES string of the molecule is Nc1ncnc(Sc2ncccc2Cl)c1Cl. The molecule has 0 saturated heterocycles. The number of hydrogen-bond donors (Lipinski definition) is 1. The molecule has 2 N–H and O–H groups in total. The molecule has 2 aromatic heterocycles. The van der Waals surface area contributed by atoms with E-state index in [2.05, 4.69) is 15.0 Å². The molecule has 4 nitrogen and oxygen atoms in total. The first-order chi connectivity index (χ1) is 7.68. The molecule has 0 saturated carbocycles. The van der Waals surface area contributed by atoms with E-state index in [1.165, 1.54) is 18.1 Å². The summed E-state index contributed by atoms with van der Waals surface area (Å²) in [5.74, 6) is 0.242. The van der Waals surface area contributed by atoms with Gasteiger partial charge >= 0.3 is 0 Å². The van der Waals surface area contributed by atoms with Gasteiger partial charge in [-0.2, -0.15) is 0 Å². The molecule has 0 aliphatic carbocycles. The fraction of sp³-hybridized carbons (Fsp3) is 0. The predicted octanol–water partition coefficient (Wildman–Crippen LogP) is 2.91. The van der Waals surface area contributed by atoms with Crippen LogP contribution < -0.4 is 5.73 Å². The Hall–Kier alpha value is -1.04. The van der Waals surface area contributed by atoms with Gasteiger partial charge in [0.15, 0.2) is 0 Å². The smallest absolute Gasteiger partial charge is 0.146 e. The summed E-state index contributed by atoms with van der Waals surface area (Å²) in [6.45, 7) is 0. The minimum Gasteiger partial charge on any atom is -0.382 e. The van der Waals surface area contributed by atoms with Gasteiger partial charge in [0.05, 0.1) is 5.02 Å². The second kappa shape index (κ2) is 4.86. The van der Waals surface area contributed by atoms with Crippen molar-refractivity contribution in [2.45, 2.75) is 10.1 Å². The van der Waals surface area contributed by atoms with Crippen LogP contribution in [0.1, 0.15) is 0 Å². The van der Waals surface area contributed by atoms with E-state index in [0.29, 0.717) is 20.1 Å². The normalized spacial score (nSPS) is 10.4. The molecule has 0 aliphatic rings. The first-order valence-electron chi connectivity index (χ1n) is 4.23. The molecule has 0 fully saturated rings. The molecular formula is C9H6Cl2N4S. The summed E-state index contributed by atoms with van der Waals surface area (Å²) >= 11 is 13.2. The number of pyridine rings is 1. The maximum atomic E-state index is 5.97. The van der Waals surface area contributed by atoms with Crippen LogP contribution >= 0.6 is 35.0 Å². The molecule has 2 aromatic rings. The lowest BCUT2D eigenvalue weighted by Crippen LogP contribution is -1.94. The first kappa shape index (κ1) is 11.4. The summed E-state index contributed by atoms with van der Waals surface area (Å²) in [5.41, 5.74) is 5.56. The van der Waals surface area contributed by atoms with Crippen molar-refractivity contribution in [2.24, 2.45) is 0 Å². The summed E-state index contributed by atoms with van der Waals surface area (Å²) in [4.78, 5) is 11.9. The van der Waals surface area contributed by atoms with Gasteiger partial charge < -0.3 is 5.73 Å². The molecule has 0 spiro atoms. The monoisotopic (exact) mass is 272 g/mol. The highest BCUT2D eigenvalue weighted by atomic mass is 35.5. The van der Waals surface area contributed by atoms with E-state index in [-0.39, 0.29) is 5.82 Å². The molecule has 0 atom stereocenters. The van der Waals surface area contributed by atoms with Gasteiger partial charge in [0.1, 0.15) is 27.2 Å². The molecular weight excluding hydrogens is 267 g/mol. The minimum absolute atomic E-state index is 0.242. The summed E-state index contributed by atoms with van der Waals surface area (Å²) in [6, 6.07) is 3.50. The Kier molecular flexibility index (Phi) is 3.48. The van der Waals surface area contributed by atoms with E-state index in [1.54, 1.807) is 18.3 Å². The Morgan fingerprint density at radius 3 is 2.69 bits per heavy atom. The Bertz CT molecular complexity index is 521. The number of rotatable bonds is 2. The number of nitrogens with two attached hydrogens (primary N) is 1. The van der Waals surface area contributed by atoms with Crippen molar-refractivity contribution >= 4 is 40.8 Å². The third-order valence-electron chi connectivity index (χ3n) is 1.70. The lowest BCUT2D eigenvalue weighted by Gasteiger charge is -2.04. The molecule has 0 aliphatic heterocycles. The average molecular weight is 273 g/mol. The molecule has 2 rings (SSSR count). The molecule has 0 amide bonds. The molecule has 82 valence electrons. The van der Waals surface area contributed by atoms with Gasteiger partial charge in [0.25, 0.3) is 0 Å². The van der Waals surface area contributed by atoms with Gasteiger partial charge in [-0.05, 0) is 23.9 Å². The fourth-order valence-corrected chi connectivity index (χ4v) is 2.18. The largest absolute Gasteiger partial charge is 0.382 e. The molecule has 0 radical (unpaired) electrons. The second-order valence-electron chi connectivity index (χ2n) is 2.77. The maximum absolute atomic E-state index is 5.97. The van der Waals surface area contributed by atoms with Gasteiger partial charge in [-0.1, -0.05) is 23.2 Å². The van der Waals surface area contributed by atoms with Crippen molar-refractivity contribution in [1.82, 2.24) is 15.0 Å². The zero-order valence-corrected chi connectivity index (χ0v) is 10.2. The summed E-state index contributed by atoms with van der Waals surface area (Å²) in [7, 11) is 0. The highest BCUT2D eigenvalue weighted by Crippen LogP contribution is 2.35. The highest BCUT2D eigenvalue weighted by Gasteiger charge is 2.10. The lowest BCUT2D eigenvalue weighted by molar-refractivity contribution is 1.04. The quantitative estimate of drug-likeness (QED) is 0.852. The maximum Gasteiger partial charge on any atom is 0.146 e. The molecule has 0 bridgehead atoms. The Morgan fingerprint density at radius 1 is 1.12 bits per heavy atom. The number of nitrogen functional groups attached to an aromatic ring is 1. The van der Waals surface area contributed by atoms with Crippen LogP contribution in [0.25, 0.3) is 0 Å². The minimum atomic E-state index is 0.242. The van der Waals surface area contributed by atoms with E-state index < -0.39 is 0 Å². The summed E-state index contributed by atoms with van der Waals surface area (Å²) in [5, 5.41) is 2.02. The zero-order valence-electron chi connectivity index (χ0n) is 7.89. The highest BCUT2D eigenvalue weighted by molar-refractivity contribution is 7.99. The van der Waals surface area contributed by atoms with Crippen LogP contribution in [-0.2, 0) is 0 Å². The first-order valence-corrected chi connectivity index (χ1v) is 5.80. The zero-order chi connectivity index (χ0) is 11.5. The molecule has 0 unspecified atom stereocenters. The fourth-order valence-electron chi connectivity index (χ4n) is 0.975. The van der Waals surface area contributed by atoms with E-state index in [9.17, 15) is 0 Å². The third-order valence-corrected chi connectivity index (χ3v) is 3.63. The van der Waals surface area contributed by atoms with Crippen molar-refractivity contribution < 1.29 is 0 Å². The van der Waals surface area contributed by atoms with E-state index in [0.717, 1.165) is 0 Å². The van der Waals surface area contributed by atoms with E-state index in [1.807, 2.05) is 0 Å². The average Bonchev–Trinajstić information content (AvgIpc) is 2.28. The van der Waals surface area contributed by atoms with Crippen LogP contribution in [0.2, 0.25) is 10.0 Å². The third kappa shape index (κ3) is 2.37. The summed E-state index contributed by atoms with van der Waals surface area (Å²) < 4.78 is 0. The van der Waals surface area contributed by atoms with Gasteiger partial charge in [-0.3, -0.25) is 0 Å². The van der Waals surface area contributed by atoms with Crippen LogP contribution in [0.15, 0.2) is 34.7 Å². The molecule has 2 heterocycles. The van der Waals surface area contributed by atoms with Crippen molar-refractivity contribution in [3.8, 4) is 0 Å². The van der Waals surface area contributed by atoms with Crippen LogP contribution in [0.5, 0.6) is 0 Å². The van der Waals surface area contributed by atoms with Crippen molar-refractivity contribution in [3.05, 3.63) is 34.7 Å². The van der Waals surface area contributed by atoms with Gasteiger partial charge in [-0.25, -0.2) is 15.0 Å². The van der Waals surface area contributed by atoms with Crippen LogP contribution in [0.4, 0.5) is 5.82 Å². The molecule has 0 aromatic carbocycles. The number of anilines is 1. The van der Waals surface area contributed by atoms with Gasteiger partial charge in [0, 0.05) is 6.20 Å². The standard InChI is InChI=1S/C9H6Cl2N4S/c10-5-2-1-3-13-8(5)16-9-6(11)7(12)14-4-15-9/h1-4H,(H2,12,14,15).